The molecular weight excluding hydrogens is 414 g/mol. The van der Waals surface area contributed by atoms with Crippen LogP contribution in [0.2, 0.25) is 0 Å². The summed E-state index contributed by atoms with van der Waals surface area (Å²) in [5.41, 5.74) is 3.28. The van der Waals surface area contributed by atoms with Crippen molar-refractivity contribution in [3.8, 4) is 5.75 Å². The molecule has 5 rings (SSSR count). The van der Waals surface area contributed by atoms with Gasteiger partial charge in [-0.1, -0.05) is 46.3 Å². The summed E-state index contributed by atoms with van der Waals surface area (Å²) >= 11 is 3.54. The van der Waals surface area contributed by atoms with Crippen LogP contribution in [0.5, 0.6) is 5.75 Å². The Kier molecular flexibility index (Phi) is 4.48. The zero-order chi connectivity index (χ0) is 19.3. The molecule has 1 saturated heterocycles. The van der Waals surface area contributed by atoms with E-state index in [1.165, 1.54) is 11.1 Å². The summed E-state index contributed by atoms with van der Waals surface area (Å²) in [6.45, 7) is 6.65. The van der Waals surface area contributed by atoms with Crippen molar-refractivity contribution in [1.29, 1.82) is 0 Å². The van der Waals surface area contributed by atoms with Gasteiger partial charge in [-0.2, -0.15) is 5.10 Å². The predicted octanol–water partition coefficient (Wildman–Crippen LogP) is 5.19. The van der Waals surface area contributed by atoms with E-state index in [1.54, 1.807) is 0 Å². The molecule has 0 N–H and O–H groups in total. The van der Waals surface area contributed by atoms with Gasteiger partial charge in [0.05, 0.1) is 11.8 Å². The molecule has 1 fully saturated rings. The van der Waals surface area contributed by atoms with Gasteiger partial charge in [0.15, 0.2) is 0 Å². The van der Waals surface area contributed by atoms with E-state index in [9.17, 15) is 0 Å². The number of hydrogen-bond acceptors (Lipinski definition) is 4. The van der Waals surface area contributed by atoms with E-state index in [4.69, 9.17) is 9.84 Å². The van der Waals surface area contributed by atoms with Gasteiger partial charge in [-0.25, -0.2) is 5.01 Å². The molecule has 28 heavy (non-hydrogen) atoms. The van der Waals surface area contributed by atoms with E-state index in [-0.39, 0.29) is 11.8 Å². The number of para-hydroxylation sites is 1. The van der Waals surface area contributed by atoms with Gasteiger partial charge in [0, 0.05) is 48.4 Å². The molecule has 0 unspecified atom stereocenters. The first-order chi connectivity index (χ1) is 13.6. The molecule has 0 amide bonds. The van der Waals surface area contributed by atoms with Crippen LogP contribution in [0.1, 0.15) is 50.3 Å². The lowest BCUT2D eigenvalue weighted by Crippen LogP contribution is -2.59. The Bertz CT molecular complexity index is 900. The minimum Gasteiger partial charge on any atom is -0.466 e. The fourth-order valence-corrected chi connectivity index (χ4v) is 5.03. The van der Waals surface area contributed by atoms with E-state index >= 15 is 0 Å². The number of benzene rings is 2. The lowest BCUT2D eigenvalue weighted by Gasteiger charge is -2.51. The van der Waals surface area contributed by atoms with Gasteiger partial charge in [0.25, 0.3) is 0 Å². The van der Waals surface area contributed by atoms with Crippen molar-refractivity contribution in [3.63, 3.8) is 0 Å². The van der Waals surface area contributed by atoms with Crippen LogP contribution in [0.15, 0.2) is 58.1 Å². The van der Waals surface area contributed by atoms with Crippen molar-refractivity contribution >= 4 is 21.6 Å². The Labute approximate surface area is 175 Å². The van der Waals surface area contributed by atoms with E-state index < -0.39 is 0 Å². The predicted molar refractivity (Wildman–Crippen MR) is 116 cm³/mol. The summed E-state index contributed by atoms with van der Waals surface area (Å²) in [6.07, 6.45) is 2.89. The third-order valence-corrected chi connectivity index (χ3v) is 6.92. The molecule has 3 aliphatic heterocycles. The van der Waals surface area contributed by atoms with Crippen LogP contribution in [0, 0.1) is 0 Å². The van der Waals surface area contributed by atoms with Crippen molar-refractivity contribution in [2.75, 3.05) is 13.1 Å². The van der Waals surface area contributed by atoms with Gasteiger partial charge < -0.3 is 9.64 Å². The molecule has 0 saturated carbocycles. The number of hydrogen-bond donors (Lipinski definition) is 0. The zero-order valence-electron chi connectivity index (χ0n) is 16.4. The van der Waals surface area contributed by atoms with Crippen LogP contribution >= 0.6 is 15.9 Å². The quantitative estimate of drug-likeness (QED) is 0.643. The molecule has 0 bridgehead atoms. The first kappa shape index (κ1) is 18.2. The van der Waals surface area contributed by atoms with Crippen LogP contribution in [-0.2, 0) is 0 Å². The lowest BCUT2D eigenvalue weighted by molar-refractivity contribution is -0.152. The maximum absolute atomic E-state index is 6.69. The van der Waals surface area contributed by atoms with Crippen molar-refractivity contribution in [2.24, 2.45) is 5.10 Å². The first-order valence-electron chi connectivity index (χ1n) is 10.2. The standard InChI is InChI=1S/C23H26BrN3O/c1-16(2)26-13-11-23(12-14-26)27-21(19-5-3-4-6-22(19)28-23)15-20(25-27)17-7-9-18(24)10-8-17/h3-10,16,21H,11-15H2,1-2H3/t21-/m0/s1. The molecule has 0 aliphatic carbocycles. The molecule has 0 aromatic heterocycles. The molecule has 146 valence electrons. The number of nitrogens with zero attached hydrogens (tertiary/aromatic N) is 3. The van der Waals surface area contributed by atoms with Crippen LogP contribution < -0.4 is 4.74 Å². The fraction of sp³-hybridized carbons (Fsp3) is 0.435. The first-order valence-corrected chi connectivity index (χ1v) is 11.0. The smallest absolute Gasteiger partial charge is 0.200 e. The minimum atomic E-state index is -0.332. The summed E-state index contributed by atoms with van der Waals surface area (Å²) in [6, 6.07) is 17.8. The Balaban J connectivity index is 1.53. The van der Waals surface area contributed by atoms with E-state index in [1.807, 2.05) is 0 Å². The SMILES string of the molecule is CC(C)N1CCC2(CC1)Oc1ccccc1[C@@H]1CC(c3ccc(Br)cc3)=NN12. The summed E-state index contributed by atoms with van der Waals surface area (Å²) in [7, 11) is 0. The van der Waals surface area contributed by atoms with E-state index in [0.29, 0.717) is 6.04 Å². The van der Waals surface area contributed by atoms with Crippen LogP contribution in [0.25, 0.3) is 0 Å². The fourth-order valence-electron chi connectivity index (χ4n) is 4.77. The maximum Gasteiger partial charge on any atom is 0.200 e. The Morgan fingerprint density at radius 2 is 1.79 bits per heavy atom. The summed E-state index contributed by atoms with van der Waals surface area (Å²) < 4.78 is 7.79. The average Bonchev–Trinajstić information content (AvgIpc) is 3.16. The number of ether oxygens (including phenoxy) is 1. The highest BCUT2D eigenvalue weighted by Gasteiger charge is 2.51. The molecule has 2 aromatic carbocycles. The summed E-state index contributed by atoms with van der Waals surface area (Å²) in [4.78, 5) is 2.54. The van der Waals surface area contributed by atoms with Gasteiger partial charge in [-0.3, -0.25) is 0 Å². The zero-order valence-corrected chi connectivity index (χ0v) is 18.0. The summed E-state index contributed by atoms with van der Waals surface area (Å²) in [5.74, 6) is 1.04. The molecule has 3 aliphatic rings. The van der Waals surface area contributed by atoms with Gasteiger partial charge in [-0.15, -0.1) is 0 Å². The minimum absolute atomic E-state index is 0.259. The van der Waals surface area contributed by atoms with Crippen molar-refractivity contribution in [3.05, 3.63) is 64.1 Å². The van der Waals surface area contributed by atoms with Crippen LogP contribution in [0.4, 0.5) is 0 Å². The third-order valence-electron chi connectivity index (χ3n) is 6.39. The van der Waals surface area contributed by atoms with Crippen molar-refractivity contribution in [2.45, 2.75) is 50.9 Å². The largest absolute Gasteiger partial charge is 0.466 e. The molecule has 4 nitrogen and oxygen atoms in total. The number of piperidine rings is 1. The second kappa shape index (κ2) is 6.89. The number of rotatable bonds is 2. The van der Waals surface area contributed by atoms with Crippen LogP contribution in [0.3, 0.4) is 0 Å². The van der Waals surface area contributed by atoms with E-state index in [0.717, 1.165) is 48.3 Å². The van der Waals surface area contributed by atoms with Gasteiger partial charge in [0.1, 0.15) is 5.75 Å². The molecule has 1 atom stereocenters. The highest BCUT2D eigenvalue weighted by Crippen LogP contribution is 2.50. The topological polar surface area (TPSA) is 28.1 Å². The molecule has 3 heterocycles. The van der Waals surface area contributed by atoms with Gasteiger partial charge in [-0.05, 0) is 37.6 Å². The van der Waals surface area contributed by atoms with E-state index in [2.05, 4.69) is 88.2 Å². The highest BCUT2D eigenvalue weighted by atomic mass is 79.9. The monoisotopic (exact) mass is 439 g/mol. The second-order valence-electron chi connectivity index (χ2n) is 8.33. The van der Waals surface area contributed by atoms with Crippen molar-refractivity contribution in [1.82, 2.24) is 9.91 Å². The maximum atomic E-state index is 6.69. The molecule has 1 spiro atoms. The average molecular weight is 440 g/mol. The Morgan fingerprint density at radius 1 is 1.07 bits per heavy atom. The second-order valence-corrected chi connectivity index (χ2v) is 9.25. The van der Waals surface area contributed by atoms with Gasteiger partial charge in [0.2, 0.25) is 5.72 Å². The molecular formula is C23H26BrN3O. The van der Waals surface area contributed by atoms with Gasteiger partial charge >= 0.3 is 0 Å². The number of halogens is 1. The Morgan fingerprint density at radius 3 is 2.50 bits per heavy atom. The van der Waals surface area contributed by atoms with Crippen molar-refractivity contribution < 1.29 is 4.74 Å². The number of likely N-dealkylation sites (tertiary alicyclic amines) is 1. The summed E-state index contributed by atoms with van der Waals surface area (Å²) in [5, 5.41) is 7.44. The normalized spacial score (nSPS) is 23.4. The molecule has 2 aromatic rings. The Hall–Kier alpha value is -1.85. The molecule has 5 heteroatoms. The lowest BCUT2D eigenvalue weighted by atomic mass is 9.90. The number of fused-ring (bicyclic) bond motifs is 4. The van der Waals surface area contributed by atoms with Crippen LogP contribution in [-0.4, -0.2) is 40.5 Å². The third kappa shape index (κ3) is 2.96. The number of hydrazone groups is 1. The molecule has 0 radical (unpaired) electrons. The highest BCUT2D eigenvalue weighted by molar-refractivity contribution is 9.10.